The van der Waals surface area contributed by atoms with Gasteiger partial charge in [-0.05, 0) is 43.4 Å². The van der Waals surface area contributed by atoms with Crippen molar-refractivity contribution >= 4 is 17.5 Å². The molecule has 1 aliphatic rings. The Balaban J connectivity index is 1.71. The van der Waals surface area contributed by atoms with Crippen LogP contribution >= 0.6 is 0 Å². The standard InChI is InChI=1S/C23H31N7O2/c1-14(2)19-13-25-30-21(19)27-20(22(31)29-10-8-17(24)9-11-29)28-23(30)26-15(3)16-6-5-7-18(12-16)32-4/h5-7,12-15,17H,8-11,24H2,1-4H3,(H,26,27,28). The number of nitrogens with one attached hydrogen (secondary N) is 1. The molecule has 4 rings (SSSR count). The van der Waals surface area contributed by atoms with Crippen molar-refractivity contribution in [3.8, 4) is 5.75 Å². The number of amides is 1. The van der Waals surface area contributed by atoms with Gasteiger partial charge >= 0.3 is 0 Å². The molecule has 0 aliphatic carbocycles. The van der Waals surface area contributed by atoms with Gasteiger partial charge in [0.2, 0.25) is 11.8 Å². The first kappa shape index (κ1) is 22.0. The molecule has 9 nitrogen and oxygen atoms in total. The molecule has 1 fully saturated rings. The number of rotatable bonds is 6. The van der Waals surface area contributed by atoms with E-state index in [1.54, 1.807) is 22.7 Å². The van der Waals surface area contributed by atoms with Crippen LogP contribution in [-0.2, 0) is 0 Å². The van der Waals surface area contributed by atoms with Gasteiger partial charge in [-0.15, -0.1) is 0 Å². The topological polar surface area (TPSA) is 111 Å². The fourth-order valence-corrected chi connectivity index (χ4v) is 3.92. The molecule has 1 unspecified atom stereocenters. The molecule has 0 bridgehead atoms. The zero-order chi connectivity index (χ0) is 22.8. The van der Waals surface area contributed by atoms with Crippen molar-refractivity contribution in [2.45, 2.75) is 51.6 Å². The molecule has 32 heavy (non-hydrogen) atoms. The predicted octanol–water partition coefficient (Wildman–Crippen LogP) is 2.99. The maximum Gasteiger partial charge on any atom is 0.291 e. The Hall–Kier alpha value is -3.20. The average molecular weight is 438 g/mol. The molecule has 1 aliphatic heterocycles. The van der Waals surface area contributed by atoms with Crippen molar-refractivity contribution in [1.82, 2.24) is 24.5 Å². The molecule has 3 heterocycles. The first-order chi connectivity index (χ1) is 15.4. The number of nitrogens with two attached hydrogens (primary N) is 1. The Labute approximate surface area is 188 Å². The van der Waals surface area contributed by atoms with Crippen LogP contribution < -0.4 is 15.8 Å². The quantitative estimate of drug-likeness (QED) is 0.610. The predicted molar refractivity (Wildman–Crippen MR) is 123 cm³/mol. The van der Waals surface area contributed by atoms with E-state index in [-0.39, 0.29) is 29.7 Å². The number of hydrogen-bond donors (Lipinski definition) is 2. The van der Waals surface area contributed by atoms with E-state index >= 15 is 0 Å². The van der Waals surface area contributed by atoms with Gasteiger partial charge in [0.1, 0.15) is 5.75 Å². The number of benzene rings is 1. The Kier molecular flexibility index (Phi) is 6.27. The van der Waals surface area contributed by atoms with E-state index in [1.165, 1.54) is 0 Å². The normalized spacial score (nSPS) is 15.9. The van der Waals surface area contributed by atoms with E-state index in [4.69, 9.17) is 10.5 Å². The number of carbonyl (C=O) groups is 1. The monoisotopic (exact) mass is 437 g/mol. The second kappa shape index (κ2) is 9.12. The van der Waals surface area contributed by atoms with Crippen LogP contribution in [0.25, 0.3) is 5.65 Å². The third kappa shape index (κ3) is 4.38. The highest BCUT2D eigenvalue weighted by Gasteiger charge is 2.26. The molecule has 170 valence electrons. The van der Waals surface area contributed by atoms with Gasteiger partial charge in [0.05, 0.1) is 19.3 Å². The van der Waals surface area contributed by atoms with Crippen LogP contribution in [0.3, 0.4) is 0 Å². The summed E-state index contributed by atoms with van der Waals surface area (Å²) < 4.78 is 7.03. The fraction of sp³-hybridized carbons (Fsp3) is 0.478. The third-order valence-electron chi connectivity index (χ3n) is 5.97. The molecule has 0 radical (unpaired) electrons. The van der Waals surface area contributed by atoms with Gasteiger partial charge in [-0.3, -0.25) is 4.79 Å². The highest BCUT2D eigenvalue weighted by atomic mass is 16.5. The second-order valence-electron chi connectivity index (χ2n) is 8.63. The van der Waals surface area contributed by atoms with Gasteiger partial charge in [-0.25, -0.2) is 4.98 Å². The smallest absolute Gasteiger partial charge is 0.291 e. The average Bonchev–Trinajstić information content (AvgIpc) is 3.24. The summed E-state index contributed by atoms with van der Waals surface area (Å²) in [5.74, 6) is 1.48. The molecule has 2 aromatic heterocycles. The number of methoxy groups -OCH3 is 1. The van der Waals surface area contributed by atoms with Crippen LogP contribution in [0.5, 0.6) is 5.75 Å². The molecule has 1 atom stereocenters. The largest absolute Gasteiger partial charge is 0.497 e. The first-order valence-electron chi connectivity index (χ1n) is 11.1. The third-order valence-corrected chi connectivity index (χ3v) is 5.97. The lowest BCUT2D eigenvalue weighted by molar-refractivity contribution is 0.0702. The lowest BCUT2D eigenvalue weighted by atomic mass is 10.1. The summed E-state index contributed by atoms with van der Waals surface area (Å²) in [6.07, 6.45) is 3.37. The maximum atomic E-state index is 13.2. The van der Waals surface area contributed by atoms with Gasteiger partial charge in [0, 0.05) is 24.7 Å². The lowest BCUT2D eigenvalue weighted by Gasteiger charge is -2.29. The van der Waals surface area contributed by atoms with E-state index in [9.17, 15) is 4.79 Å². The molecule has 1 saturated heterocycles. The van der Waals surface area contributed by atoms with Gasteiger partial charge in [0.25, 0.3) is 5.91 Å². The molecule has 0 spiro atoms. The summed E-state index contributed by atoms with van der Waals surface area (Å²) in [5.41, 5.74) is 8.65. The van der Waals surface area contributed by atoms with Gasteiger partial charge in [-0.1, -0.05) is 26.0 Å². The SMILES string of the molecule is COc1cccc(C(C)Nc2nc(C(=O)N3CCC(N)CC3)nc3c(C(C)C)cnn23)c1. The van der Waals surface area contributed by atoms with Gasteiger partial charge < -0.3 is 20.7 Å². The number of hydrogen-bond acceptors (Lipinski definition) is 7. The minimum absolute atomic E-state index is 0.0918. The number of nitrogens with zero attached hydrogens (tertiary/aromatic N) is 5. The van der Waals surface area contributed by atoms with E-state index < -0.39 is 0 Å². The Morgan fingerprint density at radius 1 is 1.22 bits per heavy atom. The Morgan fingerprint density at radius 2 is 1.97 bits per heavy atom. The van der Waals surface area contributed by atoms with E-state index in [2.05, 4.69) is 34.2 Å². The number of carbonyl (C=O) groups excluding carboxylic acids is 1. The van der Waals surface area contributed by atoms with E-state index in [0.717, 1.165) is 29.7 Å². The number of aromatic nitrogens is 4. The van der Waals surface area contributed by atoms with Crippen LogP contribution in [0.1, 0.15) is 67.3 Å². The fourth-order valence-electron chi connectivity index (χ4n) is 3.92. The van der Waals surface area contributed by atoms with Crippen LogP contribution in [0.2, 0.25) is 0 Å². The van der Waals surface area contributed by atoms with E-state index in [0.29, 0.717) is 24.7 Å². The second-order valence-corrected chi connectivity index (χ2v) is 8.63. The van der Waals surface area contributed by atoms with Crippen molar-refractivity contribution in [2.24, 2.45) is 5.73 Å². The zero-order valence-electron chi connectivity index (χ0n) is 19.1. The molecule has 9 heteroatoms. The number of piperidine rings is 1. The van der Waals surface area contributed by atoms with Crippen molar-refractivity contribution in [2.75, 3.05) is 25.5 Å². The zero-order valence-corrected chi connectivity index (χ0v) is 19.1. The van der Waals surface area contributed by atoms with Crippen molar-refractivity contribution in [3.63, 3.8) is 0 Å². The van der Waals surface area contributed by atoms with Crippen LogP contribution in [0.4, 0.5) is 5.95 Å². The molecule has 3 aromatic rings. The molecular weight excluding hydrogens is 406 g/mol. The highest BCUT2D eigenvalue weighted by molar-refractivity contribution is 5.91. The summed E-state index contributed by atoms with van der Waals surface area (Å²) in [6.45, 7) is 7.43. The highest BCUT2D eigenvalue weighted by Crippen LogP contribution is 2.25. The van der Waals surface area contributed by atoms with Crippen molar-refractivity contribution in [1.29, 1.82) is 0 Å². The van der Waals surface area contributed by atoms with E-state index in [1.807, 2.05) is 31.2 Å². The number of likely N-dealkylation sites (tertiary alicyclic amines) is 1. The minimum Gasteiger partial charge on any atom is -0.497 e. The molecular formula is C23H31N7O2. The lowest BCUT2D eigenvalue weighted by Crippen LogP contribution is -2.43. The molecule has 3 N–H and O–H groups in total. The van der Waals surface area contributed by atoms with Gasteiger partial charge in [0.15, 0.2) is 5.65 Å². The summed E-state index contributed by atoms with van der Waals surface area (Å²) >= 11 is 0. The molecule has 1 aromatic carbocycles. The number of fused-ring (bicyclic) bond motifs is 1. The van der Waals surface area contributed by atoms with Crippen LogP contribution in [-0.4, -0.2) is 56.6 Å². The Bertz CT molecular complexity index is 1100. The van der Waals surface area contributed by atoms with Gasteiger partial charge in [-0.2, -0.15) is 14.6 Å². The van der Waals surface area contributed by atoms with Crippen molar-refractivity contribution in [3.05, 3.63) is 47.4 Å². The summed E-state index contributed by atoms with van der Waals surface area (Å²) in [5, 5.41) is 7.92. The van der Waals surface area contributed by atoms with Crippen molar-refractivity contribution < 1.29 is 9.53 Å². The summed E-state index contributed by atoms with van der Waals surface area (Å²) in [7, 11) is 1.65. The minimum atomic E-state index is -0.174. The van der Waals surface area contributed by atoms with Crippen LogP contribution in [0.15, 0.2) is 30.5 Å². The summed E-state index contributed by atoms with van der Waals surface area (Å²) in [4.78, 5) is 24.2. The number of ether oxygens (including phenoxy) is 1. The molecule has 1 amide bonds. The maximum absolute atomic E-state index is 13.2. The van der Waals surface area contributed by atoms with Crippen LogP contribution in [0, 0.1) is 0 Å². The number of anilines is 1. The Morgan fingerprint density at radius 3 is 2.66 bits per heavy atom. The molecule has 0 saturated carbocycles. The summed E-state index contributed by atoms with van der Waals surface area (Å²) in [6, 6.07) is 7.90. The first-order valence-corrected chi connectivity index (χ1v) is 11.1.